The molecular weight excluding hydrogens is 274 g/mol. The molecule has 2 rings (SSSR count). The third-order valence-corrected chi connectivity index (χ3v) is 3.73. The van der Waals surface area contributed by atoms with Gasteiger partial charge >= 0.3 is 0 Å². The van der Waals surface area contributed by atoms with Gasteiger partial charge in [-0.25, -0.2) is 0 Å². The largest absolute Gasteiger partial charge is 0.496 e. The van der Waals surface area contributed by atoms with Crippen LogP contribution in [0.3, 0.4) is 0 Å². The molecule has 2 aromatic rings. The van der Waals surface area contributed by atoms with Crippen LogP contribution in [0.5, 0.6) is 5.75 Å². The van der Waals surface area contributed by atoms with Crippen LogP contribution in [-0.4, -0.2) is 14.2 Å². The fourth-order valence-electron chi connectivity index (χ4n) is 2.44. The summed E-state index contributed by atoms with van der Waals surface area (Å²) in [5, 5.41) is 4.06. The number of hydrogen-bond donors (Lipinski definition) is 1. The third-order valence-electron chi connectivity index (χ3n) is 3.49. The Bertz CT molecular complexity index is 565. The smallest absolute Gasteiger partial charge is 0.122 e. The summed E-state index contributed by atoms with van der Waals surface area (Å²) in [5.74, 6) is 1.88. The quantitative estimate of drug-likeness (QED) is 0.874. The van der Waals surface area contributed by atoms with Crippen molar-refractivity contribution in [3.05, 3.63) is 52.4 Å². The maximum Gasteiger partial charge on any atom is 0.122 e. The molecule has 4 heteroatoms. The molecule has 0 spiro atoms. The molecule has 0 saturated carbocycles. The Labute approximate surface area is 124 Å². The van der Waals surface area contributed by atoms with Crippen LogP contribution in [0.1, 0.15) is 29.9 Å². The summed E-state index contributed by atoms with van der Waals surface area (Å²) in [7, 11) is 3.63. The minimum absolute atomic E-state index is 0.177. The number of likely N-dealkylation sites (N-methyl/N-ethyl adjacent to an activating group) is 1. The Morgan fingerprint density at radius 2 is 2.15 bits per heavy atom. The van der Waals surface area contributed by atoms with Gasteiger partial charge < -0.3 is 14.5 Å². The number of furan rings is 1. The summed E-state index contributed by atoms with van der Waals surface area (Å²) < 4.78 is 10.9. The van der Waals surface area contributed by atoms with Crippen molar-refractivity contribution >= 4 is 11.6 Å². The van der Waals surface area contributed by atoms with E-state index in [4.69, 9.17) is 20.8 Å². The SMILES string of the molecule is CCc1occc1C(Cc1cc(Cl)ccc1OC)NC. The van der Waals surface area contributed by atoms with Crippen LogP contribution < -0.4 is 10.1 Å². The molecule has 20 heavy (non-hydrogen) atoms. The number of halogens is 1. The van der Waals surface area contributed by atoms with Gasteiger partial charge in [0.2, 0.25) is 0 Å². The van der Waals surface area contributed by atoms with Crippen molar-refractivity contribution in [3.8, 4) is 5.75 Å². The lowest BCUT2D eigenvalue weighted by Crippen LogP contribution is -2.19. The van der Waals surface area contributed by atoms with Crippen molar-refractivity contribution in [2.45, 2.75) is 25.8 Å². The second-order valence-electron chi connectivity index (χ2n) is 4.65. The first-order valence-corrected chi connectivity index (χ1v) is 7.13. The second kappa shape index (κ2) is 6.82. The van der Waals surface area contributed by atoms with E-state index in [9.17, 15) is 0 Å². The highest BCUT2D eigenvalue weighted by molar-refractivity contribution is 6.30. The molecule has 0 amide bonds. The van der Waals surface area contributed by atoms with Crippen LogP contribution in [0.4, 0.5) is 0 Å². The lowest BCUT2D eigenvalue weighted by Gasteiger charge is -2.18. The molecule has 1 aromatic carbocycles. The molecule has 108 valence electrons. The van der Waals surface area contributed by atoms with E-state index in [0.29, 0.717) is 0 Å². The monoisotopic (exact) mass is 293 g/mol. The predicted molar refractivity (Wildman–Crippen MR) is 81.6 cm³/mol. The van der Waals surface area contributed by atoms with Gasteiger partial charge in [-0.15, -0.1) is 0 Å². The zero-order chi connectivity index (χ0) is 14.5. The number of rotatable bonds is 6. The zero-order valence-electron chi connectivity index (χ0n) is 12.1. The van der Waals surface area contributed by atoms with Crippen LogP contribution in [0.2, 0.25) is 5.02 Å². The average Bonchev–Trinajstić information content (AvgIpc) is 2.93. The number of nitrogens with one attached hydrogen (secondary N) is 1. The fourth-order valence-corrected chi connectivity index (χ4v) is 2.64. The predicted octanol–water partition coefficient (Wildman–Crippen LogP) is 4.01. The summed E-state index contributed by atoms with van der Waals surface area (Å²) in [6.45, 7) is 2.09. The van der Waals surface area contributed by atoms with Gasteiger partial charge in [-0.3, -0.25) is 0 Å². The lowest BCUT2D eigenvalue weighted by atomic mass is 9.98. The van der Waals surface area contributed by atoms with Crippen molar-refractivity contribution < 1.29 is 9.15 Å². The van der Waals surface area contributed by atoms with Gasteiger partial charge in [0, 0.05) is 23.0 Å². The van der Waals surface area contributed by atoms with E-state index < -0.39 is 0 Å². The summed E-state index contributed by atoms with van der Waals surface area (Å²) >= 11 is 6.09. The molecule has 0 saturated heterocycles. The number of ether oxygens (including phenoxy) is 1. The number of hydrogen-bond acceptors (Lipinski definition) is 3. The molecule has 1 atom stereocenters. The van der Waals surface area contributed by atoms with Gasteiger partial charge in [0.15, 0.2) is 0 Å². The van der Waals surface area contributed by atoms with Crippen molar-refractivity contribution in [2.24, 2.45) is 0 Å². The molecule has 1 heterocycles. The van der Waals surface area contributed by atoms with Crippen molar-refractivity contribution in [2.75, 3.05) is 14.2 Å². The van der Waals surface area contributed by atoms with Crippen LogP contribution >= 0.6 is 11.6 Å². The molecule has 0 bridgehead atoms. The van der Waals surface area contributed by atoms with E-state index in [1.807, 2.05) is 31.3 Å². The molecule has 1 N–H and O–H groups in total. The van der Waals surface area contributed by atoms with Gasteiger partial charge in [-0.05, 0) is 43.3 Å². The summed E-state index contributed by atoms with van der Waals surface area (Å²) in [4.78, 5) is 0. The highest BCUT2D eigenvalue weighted by Crippen LogP contribution is 2.29. The molecule has 0 radical (unpaired) electrons. The zero-order valence-corrected chi connectivity index (χ0v) is 12.8. The van der Waals surface area contributed by atoms with E-state index in [0.717, 1.165) is 34.9 Å². The maximum absolute atomic E-state index is 6.09. The molecule has 3 nitrogen and oxygen atoms in total. The van der Waals surface area contributed by atoms with Gasteiger partial charge in [0.05, 0.1) is 13.4 Å². The molecule has 0 aliphatic rings. The second-order valence-corrected chi connectivity index (χ2v) is 5.09. The number of aryl methyl sites for hydroxylation is 1. The van der Waals surface area contributed by atoms with E-state index >= 15 is 0 Å². The summed E-state index contributed by atoms with van der Waals surface area (Å²) in [5.41, 5.74) is 2.28. The van der Waals surface area contributed by atoms with E-state index in [2.05, 4.69) is 12.2 Å². The van der Waals surface area contributed by atoms with Gasteiger partial charge in [0.1, 0.15) is 11.5 Å². The molecule has 0 aliphatic heterocycles. The van der Waals surface area contributed by atoms with Gasteiger partial charge in [-0.2, -0.15) is 0 Å². The van der Waals surface area contributed by atoms with Crippen LogP contribution in [0.15, 0.2) is 34.9 Å². The van der Waals surface area contributed by atoms with Gasteiger partial charge in [0.25, 0.3) is 0 Å². The summed E-state index contributed by atoms with van der Waals surface area (Å²) in [6.07, 6.45) is 3.42. The first-order chi connectivity index (χ1) is 9.69. The molecular formula is C16H20ClNO2. The highest BCUT2D eigenvalue weighted by atomic mass is 35.5. The Balaban J connectivity index is 2.29. The van der Waals surface area contributed by atoms with E-state index in [1.165, 1.54) is 5.56 Å². The van der Waals surface area contributed by atoms with Crippen molar-refractivity contribution in [1.29, 1.82) is 0 Å². The van der Waals surface area contributed by atoms with Gasteiger partial charge in [-0.1, -0.05) is 18.5 Å². The van der Waals surface area contributed by atoms with E-state index in [1.54, 1.807) is 13.4 Å². The minimum atomic E-state index is 0.177. The van der Waals surface area contributed by atoms with Crippen molar-refractivity contribution in [1.82, 2.24) is 5.32 Å². The number of methoxy groups -OCH3 is 1. The Hall–Kier alpha value is -1.45. The first-order valence-electron chi connectivity index (χ1n) is 6.75. The normalized spacial score (nSPS) is 12.4. The third kappa shape index (κ3) is 3.17. The topological polar surface area (TPSA) is 34.4 Å². The molecule has 0 aliphatic carbocycles. The Morgan fingerprint density at radius 1 is 1.35 bits per heavy atom. The maximum atomic E-state index is 6.09. The standard InChI is InChI=1S/C16H20ClNO2/c1-4-15-13(7-8-20-15)14(18-2)10-11-9-12(17)5-6-16(11)19-3/h5-9,14,18H,4,10H2,1-3H3. The Kier molecular flexibility index (Phi) is 5.10. The van der Waals surface area contributed by atoms with Crippen LogP contribution in [0.25, 0.3) is 0 Å². The van der Waals surface area contributed by atoms with Crippen molar-refractivity contribution in [3.63, 3.8) is 0 Å². The molecule has 0 fully saturated rings. The fraction of sp³-hybridized carbons (Fsp3) is 0.375. The molecule has 1 aromatic heterocycles. The van der Waals surface area contributed by atoms with Crippen LogP contribution in [-0.2, 0) is 12.8 Å². The average molecular weight is 294 g/mol. The molecule has 1 unspecified atom stereocenters. The minimum Gasteiger partial charge on any atom is -0.496 e. The lowest BCUT2D eigenvalue weighted by molar-refractivity contribution is 0.406. The highest BCUT2D eigenvalue weighted by Gasteiger charge is 2.18. The Morgan fingerprint density at radius 3 is 2.80 bits per heavy atom. The summed E-state index contributed by atoms with van der Waals surface area (Å²) in [6, 6.07) is 7.90. The van der Waals surface area contributed by atoms with Crippen LogP contribution in [0, 0.1) is 0 Å². The number of benzene rings is 1. The van der Waals surface area contributed by atoms with E-state index in [-0.39, 0.29) is 6.04 Å². The first kappa shape index (κ1) is 14.9.